The van der Waals surface area contributed by atoms with Crippen molar-refractivity contribution in [2.45, 2.75) is 12.6 Å². The smallest absolute Gasteiger partial charge is 0.408 e. The number of benzene rings is 2. The molecule has 1 fully saturated rings. The van der Waals surface area contributed by atoms with Crippen LogP contribution >= 0.6 is 11.3 Å². The molecule has 2 aromatic heterocycles. The average Bonchev–Trinajstić information content (AvgIpc) is 3.38. The fraction of sp³-hybridized carbons (Fsp3) is 0.227. The Balaban J connectivity index is 1.46. The molecule has 0 radical (unpaired) electrons. The summed E-state index contributed by atoms with van der Waals surface area (Å²) in [6, 6.07) is 15.1. The molecule has 7 heteroatoms. The first-order valence-corrected chi connectivity index (χ1v) is 10.5. The van der Waals surface area contributed by atoms with Crippen molar-refractivity contribution in [3.63, 3.8) is 0 Å². The molecular weight excluding hydrogens is 389 g/mol. The molecule has 148 valence electrons. The molecule has 1 atom stereocenters. The number of aromatic nitrogens is 1. The molecule has 1 unspecified atom stereocenters. The fourth-order valence-corrected chi connectivity index (χ4v) is 4.78. The van der Waals surface area contributed by atoms with Crippen LogP contribution in [0.1, 0.15) is 16.5 Å². The lowest BCUT2D eigenvalue weighted by Gasteiger charge is -2.35. The summed E-state index contributed by atoms with van der Waals surface area (Å²) in [5.41, 5.74) is 3.60. The lowest BCUT2D eigenvalue weighted by molar-refractivity contribution is 0.154. The summed E-state index contributed by atoms with van der Waals surface area (Å²) in [6.45, 7) is 3.18. The van der Waals surface area contributed by atoms with Gasteiger partial charge in [0.1, 0.15) is 5.82 Å². The van der Waals surface area contributed by atoms with E-state index >= 15 is 0 Å². The number of oxazole rings is 1. The molecule has 1 aliphatic rings. The molecule has 0 aliphatic carbocycles. The molecule has 5 rings (SSSR count). The van der Waals surface area contributed by atoms with E-state index in [9.17, 15) is 9.18 Å². The predicted molar refractivity (Wildman–Crippen MR) is 113 cm³/mol. The zero-order chi connectivity index (χ0) is 19.8. The minimum Gasteiger partial charge on any atom is -0.408 e. The third-order valence-electron chi connectivity index (χ3n) is 5.40. The third-order valence-corrected chi connectivity index (χ3v) is 6.37. The number of halogens is 1. The quantitative estimate of drug-likeness (QED) is 0.532. The highest BCUT2D eigenvalue weighted by atomic mass is 32.1. The number of H-pyrrole nitrogens is 1. The van der Waals surface area contributed by atoms with Gasteiger partial charge < -0.3 is 9.73 Å². The first kappa shape index (κ1) is 18.3. The molecule has 3 heterocycles. The van der Waals surface area contributed by atoms with Crippen LogP contribution in [0.4, 0.5) is 4.39 Å². The van der Waals surface area contributed by atoms with E-state index in [1.807, 2.05) is 24.3 Å². The maximum Gasteiger partial charge on any atom is 0.417 e. The number of rotatable bonds is 4. The predicted octanol–water partition coefficient (Wildman–Crippen LogP) is 4.14. The second-order valence-electron chi connectivity index (χ2n) is 7.24. The molecule has 1 aliphatic heterocycles. The molecule has 0 amide bonds. The van der Waals surface area contributed by atoms with Gasteiger partial charge in [-0.2, -0.15) is 0 Å². The van der Waals surface area contributed by atoms with E-state index in [0.717, 1.165) is 30.8 Å². The van der Waals surface area contributed by atoms with E-state index in [2.05, 4.69) is 32.7 Å². The van der Waals surface area contributed by atoms with Crippen LogP contribution in [0.2, 0.25) is 0 Å². The Morgan fingerprint density at radius 1 is 1.17 bits per heavy atom. The van der Waals surface area contributed by atoms with Crippen LogP contribution in [0.3, 0.4) is 0 Å². The van der Waals surface area contributed by atoms with E-state index in [1.54, 1.807) is 17.4 Å². The van der Waals surface area contributed by atoms with Gasteiger partial charge in [0.15, 0.2) is 5.58 Å². The second kappa shape index (κ2) is 7.59. The molecule has 0 bridgehead atoms. The summed E-state index contributed by atoms with van der Waals surface area (Å²) in [5.74, 6) is -0.679. The number of hydrogen-bond donors (Lipinski definition) is 2. The maximum atomic E-state index is 14.7. The normalized spacial score (nSPS) is 17.8. The van der Waals surface area contributed by atoms with Crippen molar-refractivity contribution in [2.24, 2.45) is 0 Å². The Morgan fingerprint density at radius 2 is 2.03 bits per heavy atom. The van der Waals surface area contributed by atoms with E-state index in [0.29, 0.717) is 23.2 Å². The second-order valence-corrected chi connectivity index (χ2v) is 8.22. The zero-order valence-corrected chi connectivity index (χ0v) is 16.5. The minimum atomic E-state index is -0.477. The molecule has 1 saturated heterocycles. The molecule has 4 aromatic rings. The van der Waals surface area contributed by atoms with Crippen molar-refractivity contribution in [3.05, 3.63) is 80.7 Å². The number of nitrogens with zero attached hydrogens (tertiary/aromatic N) is 1. The van der Waals surface area contributed by atoms with Crippen LogP contribution in [0.15, 0.2) is 63.1 Å². The van der Waals surface area contributed by atoms with Crippen molar-refractivity contribution < 1.29 is 8.81 Å². The highest BCUT2D eigenvalue weighted by molar-refractivity contribution is 7.10. The Kier molecular flexibility index (Phi) is 4.79. The lowest BCUT2D eigenvalue weighted by Crippen LogP contribution is -2.45. The van der Waals surface area contributed by atoms with Crippen LogP contribution in [0.25, 0.3) is 22.2 Å². The molecule has 2 aromatic carbocycles. The molecule has 5 nitrogen and oxygen atoms in total. The van der Waals surface area contributed by atoms with Crippen LogP contribution in [-0.2, 0) is 6.54 Å². The van der Waals surface area contributed by atoms with Gasteiger partial charge >= 0.3 is 5.76 Å². The standard InChI is InChI=1S/C22H20FN3O2S/c23-17-5-3-14(15-4-6-18-20(11-15)28-22(27)25-18)10-16(17)13-26-8-7-24-12-19(26)21-2-1-9-29-21/h1-6,9-11,19,24H,7-8,12-13H2,(H,25,27). The molecule has 0 spiro atoms. The lowest BCUT2D eigenvalue weighted by atomic mass is 10.0. The molecule has 2 N–H and O–H groups in total. The van der Waals surface area contributed by atoms with Crippen LogP contribution < -0.4 is 11.1 Å². The van der Waals surface area contributed by atoms with Gasteiger partial charge in [0, 0.05) is 36.6 Å². The number of aromatic amines is 1. The Labute approximate surface area is 170 Å². The Hall–Kier alpha value is -2.74. The van der Waals surface area contributed by atoms with Gasteiger partial charge in [-0.3, -0.25) is 9.88 Å². The molecule has 29 heavy (non-hydrogen) atoms. The van der Waals surface area contributed by atoms with Crippen molar-refractivity contribution in [1.82, 2.24) is 15.2 Å². The van der Waals surface area contributed by atoms with Gasteiger partial charge in [-0.25, -0.2) is 9.18 Å². The molecular formula is C22H20FN3O2S. The SMILES string of the molecule is O=c1[nH]c2ccc(-c3ccc(F)c(CN4CCNCC4c4cccs4)c3)cc2o1. The molecule has 0 saturated carbocycles. The van der Waals surface area contributed by atoms with Crippen LogP contribution in [-0.4, -0.2) is 29.5 Å². The first-order chi connectivity index (χ1) is 14.2. The topological polar surface area (TPSA) is 61.3 Å². The summed E-state index contributed by atoms with van der Waals surface area (Å²) in [5, 5.41) is 5.52. The number of nitrogens with one attached hydrogen (secondary N) is 2. The van der Waals surface area contributed by atoms with E-state index in [1.165, 1.54) is 10.9 Å². The van der Waals surface area contributed by atoms with Gasteiger partial charge in [-0.15, -0.1) is 11.3 Å². The summed E-state index contributed by atoms with van der Waals surface area (Å²) in [6.07, 6.45) is 0. The van der Waals surface area contributed by atoms with E-state index < -0.39 is 5.76 Å². The van der Waals surface area contributed by atoms with Crippen LogP contribution in [0, 0.1) is 5.82 Å². The number of hydrogen-bond acceptors (Lipinski definition) is 5. The van der Waals surface area contributed by atoms with Crippen molar-refractivity contribution in [3.8, 4) is 11.1 Å². The highest BCUT2D eigenvalue weighted by Crippen LogP contribution is 2.30. The zero-order valence-electron chi connectivity index (χ0n) is 15.7. The summed E-state index contributed by atoms with van der Waals surface area (Å²) in [7, 11) is 0. The third kappa shape index (κ3) is 3.64. The van der Waals surface area contributed by atoms with Gasteiger partial charge in [0.05, 0.1) is 11.6 Å². The van der Waals surface area contributed by atoms with Gasteiger partial charge in [-0.05, 0) is 46.8 Å². The summed E-state index contributed by atoms with van der Waals surface area (Å²) >= 11 is 1.74. The monoisotopic (exact) mass is 409 g/mol. The fourth-order valence-electron chi connectivity index (χ4n) is 3.92. The Bertz CT molecular complexity index is 1200. The van der Waals surface area contributed by atoms with Gasteiger partial charge in [-0.1, -0.05) is 18.2 Å². The maximum absolute atomic E-state index is 14.7. The van der Waals surface area contributed by atoms with Crippen LogP contribution in [0.5, 0.6) is 0 Å². The largest absolute Gasteiger partial charge is 0.417 e. The van der Waals surface area contributed by atoms with Crippen molar-refractivity contribution in [1.29, 1.82) is 0 Å². The van der Waals surface area contributed by atoms with E-state index in [4.69, 9.17) is 4.42 Å². The average molecular weight is 409 g/mol. The summed E-state index contributed by atoms with van der Waals surface area (Å²) in [4.78, 5) is 17.7. The van der Waals surface area contributed by atoms with Gasteiger partial charge in [0.25, 0.3) is 0 Å². The Morgan fingerprint density at radius 3 is 2.90 bits per heavy atom. The number of piperazine rings is 1. The van der Waals surface area contributed by atoms with Crippen molar-refractivity contribution in [2.75, 3.05) is 19.6 Å². The highest BCUT2D eigenvalue weighted by Gasteiger charge is 2.25. The van der Waals surface area contributed by atoms with Gasteiger partial charge in [0.2, 0.25) is 0 Å². The minimum absolute atomic E-state index is 0.202. The number of thiophene rings is 1. The van der Waals surface area contributed by atoms with Crippen molar-refractivity contribution >= 4 is 22.4 Å². The number of fused-ring (bicyclic) bond motifs is 1. The van der Waals surface area contributed by atoms with E-state index in [-0.39, 0.29) is 11.9 Å². The summed E-state index contributed by atoms with van der Waals surface area (Å²) < 4.78 is 19.8. The first-order valence-electron chi connectivity index (χ1n) is 9.57.